The number of benzene rings is 1. The number of carbonyl (C=O) groups is 1. The highest BCUT2D eigenvalue weighted by Gasteiger charge is 2.32. The highest BCUT2D eigenvalue weighted by atomic mass is 35.5. The fourth-order valence-electron chi connectivity index (χ4n) is 1.50. The maximum absolute atomic E-state index is 12.7. The Hall–Kier alpha value is -1.95. The van der Waals surface area contributed by atoms with E-state index >= 15 is 0 Å². The second-order valence-corrected chi connectivity index (χ2v) is 4.30. The van der Waals surface area contributed by atoms with E-state index in [1.165, 1.54) is 12.1 Å². The summed E-state index contributed by atoms with van der Waals surface area (Å²) in [4.78, 5) is 15.4. The molecule has 0 radical (unpaired) electrons. The highest BCUT2D eigenvalue weighted by molar-refractivity contribution is 6.34. The van der Waals surface area contributed by atoms with Crippen LogP contribution in [0.5, 0.6) is 0 Å². The van der Waals surface area contributed by atoms with Crippen molar-refractivity contribution >= 4 is 17.4 Å². The average molecular weight is 304 g/mol. The molecule has 7 heteroatoms. The van der Waals surface area contributed by atoms with Gasteiger partial charge in [0.2, 0.25) is 5.78 Å². The number of ketones is 1. The largest absolute Gasteiger partial charge is 0.417 e. The molecular weight excluding hydrogens is 298 g/mol. The molecule has 1 aromatic heterocycles. The first kappa shape index (κ1) is 14.5. The predicted octanol–water partition coefficient (Wildman–Crippen LogP) is 4.12. The van der Waals surface area contributed by atoms with Crippen LogP contribution in [0.3, 0.4) is 0 Å². The van der Waals surface area contributed by atoms with Crippen LogP contribution in [-0.2, 0) is 6.18 Å². The minimum absolute atomic E-state index is 0.0839. The van der Waals surface area contributed by atoms with Crippen molar-refractivity contribution in [3.8, 4) is 0 Å². The summed E-state index contributed by atoms with van der Waals surface area (Å²) >= 11 is 5.65. The van der Waals surface area contributed by atoms with Crippen molar-refractivity contribution in [2.75, 3.05) is 0 Å². The van der Waals surface area contributed by atoms with Crippen molar-refractivity contribution < 1.29 is 22.4 Å². The third-order valence-corrected chi connectivity index (χ3v) is 2.78. The summed E-state index contributed by atoms with van der Waals surface area (Å²) in [5.41, 5.74) is -1.27. The number of alkyl halides is 3. The fraction of sp³-hybridized carbons (Fsp3) is 0.0769. The number of halogens is 5. The Morgan fingerprint density at radius 2 is 1.75 bits per heavy atom. The molecule has 2 nitrogen and oxygen atoms in total. The zero-order chi connectivity index (χ0) is 14.9. The molecule has 104 valence electrons. The molecule has 0 N–H and O–H groups in total. The first-order valence-corrected chi connectivity index (χ1v) is 5.70. The van der Waals surface area contributed by atoms with E-state index in [9.17, 15) is 22.4 Å². The molecule has 0 saturated carbocycles. The molecule has 0 aliphatic heterocycles. The Kier molecular flexibility index (Phi) is 3.76. The van der Waals surface area contributed by atoms with Crippen LogP contribution in [0.15, 0.2) is 36.5 Å². The van der Waals surface area contributed by atoms with E-state index in [1.54, 1.807) is 0 Å². The van der Waals surface area contributed by atoms with Gasteiger partial charge in [0.15, 0.2) is 0 Å². The normalized spacial score (nSPS) is 11.4. The Bertz CT molecular complexity index is 652. The van der Waals surface area contributed by atoms with Crippen LogP contribution < -0.4 is 0 Å². The first-order valence-electron chi connectivity index (χ1n) is 5.32. The lowest BCUT2D eigenvalue weighted by molar-refractivity contribution is -0.137. The molecular formula is C13H6ClF4NO. The molecule has 0 bridgehead atoms. The molecule has 0 unspecified atom stereocenters. The molecule has 1 aromatic carbocycles. The van der Waals surface area contributed by atoms with Gasteiger partial charge in [-0.3, -0.25) is 9.78 Å². The summed E-state index contributed by atoms with van der Waals surface area (Å²) in [6.07, 6.45) is -4.06. The van der Waals surface area contributed by atoms with Gasteiger partial charge in [-0.25, -0.2) is 4.39 Å². The summed E-state index contributed by atoms with van der Waals surface area (Å²) in [5, 5.41) is -0.408. The number of aromatic nitrogens is 1. The lowest BCUT2D eigenvalue weighted by Crippen LogP contribution is -2.10. The van der Waals surface area contributed by atoms with E-state index in [-0.39, 0.29) is 11.3 Å². The molecule has 0 atom stereocenters. The summed E-state index contributed by atoms with van der Waals surface area (Å²) in [5.74, 6) is -1.21. The lowest BCUT2D eigenvalue weighted by atomic mass is 10.1. The second-order valence-electron chi connectivity index (χ2n) is 3.89. The quantitative estimate of drug-likeness (QED) is 0.617. The van der Waals surface area contributed by atoms with E-state index < -0.39 is 28.4 Å². The van der Waals surface area contributed by atoms with Crippen LogP contribution in [0.4, 0.5) is 17.6 Å². The Morgan fingerprint density at radius 1 is 1.15 bits per heavy atom. The topological polar surface area (TPSA) is 30.0 Å². The molecule has 20 heavy (non-hydrogen) atoms. The van der Waals surface area contributed by atoms with Crippen molar-refractivity contribution in [3.63, 3.8) is 0 Å². The molecule has 0 fully saturated rings. The van der Waals surface area contributed by atoms with Crippen LogP contribution in [-0.4, -0.2) is 10.8 Å². The smallest absolute Gasteiger partial charge is 0.287 e. The van der Waals surface area contributed by atoms with Crippen molar-refractivity contribution in [1.82, 2.24) is 4.98 Å². The van der Waals surface area contributed by atoms with Crippen LogP contribution in [0.2, 0.25) is 5.02 Å². The van der Waals surface area contributed by atoms with E-state index in [2.05, 4.69) is 4.98 Å². The minimum Gasteiger partial charge on any atom is -0.287 e. The third kappa shape index (κ3) is 2.96. The van der Waals surface area contributed by atoms with Gasteiger partial charge in [-0.05, 0) is 30.3 Å². The van der Waals surface area contributed by atoms with Gasteiger partial charge < -0.3 is 0 Å². The van der Waals surface area contributed by atoms with Crippen molar-refractivity contribution in [1.29, 1.82) is 0 Å². The van der Waals surface area contributed by atoms with E-state index in [0.717, 1.165) is 12.1 Å². The number of rotatable bonds is 2. The summed E-state index contributed by atoms with van der Waals surface area (Å²) in [7, 11) is 0. The van der Waals surface area contributed by atoms with E-state index in [0.29, 0.717) is 12.3 Å². The molecule has 0 amide bonds. The van der Waals surface area contributed by atoms with Gasteiger partial charge in [-0.1, -0.05) is 11.6 Å². The second kappa shape index (κ2) is 5.20. The Balaban J connectivity index is 2.38. The van der Waals surface area contributed by atoms with Gasteiger partial charge in [0.05, 0.1) is 10.6 Å². The maximum atomic E-state index is 12.7. The minimum atomic E-state index is -4.59. The van der Waals surface area contributed by atoms with E-state index in [1.807, 2.05) is 0 Å². The van der Waals surface area contributed by atoms with Crippen molar-refractivity contribution in [2.45, 2.75) is 6.18 Å². The summed E-state index contributed by atoms with van der Waals surface area (Å²) < 4.78 is 50.1. The zero-order valence-electron chi connectivity index (χ0n) is 9.71. The zero-order valence-corrected chi connectivity index (χ0v) is 10.5. The van der Waals surface area contributed by atoms with Gasteiger partial charge in [0, 0.05) is 11.8 Å². The number of nitrogens with zero attached hydrogens (tertiary/aromatic N) is 1. The molecule has 0 saturated heterocycles. The Morgan fingerprint density at radius 3 is 2.25 bits per heavy atom. The number of pyridine rings is 1. The first-order chi connectivity index (χ1) is 9.29. The predicted molar refractivity (Wildman–Crippen MR) is 64.1 cm³/mol. The lowest BCUT2D eigenvalue weighted by Gasteiger charge is -2.08. The van der Waals surface area contributed by atoms with Gasteiger partial charge in [-0.2, -0.15) is 13.2 Å². The number of hydrogen-bond donors (Lipinski definition) is 0. The molecule has 1 heterocycles. The third-order valence-electron chi connectivity index (χ3n) is 2.49. The van der Waals surface area contributed by atoms with Crippen LogP contribution in [0, 0.1) is 5.82 Å². The van der Waals surface area contributed by atoms with Gasteiger partial charge >= 0.3 is 6.18 Å². The van der Waals surface area contributed by atoms with Crippen molar-refractivity contribution in [2.24, 2.45) is 0 Å². The number of hydrogen-bond acceptors (Lipinski definition) is 2. The van der Waals surface area contributed by atoms with Crippen LogP contribution in [0.1, 0.15) is 21.6 Å². The molecule has 0 aliphatic carbocycles. The summed E-state index contributed by atoms with van der Waals surface area (Å²) in [6.45, 7) is 0. The SMILES string of the molecule is O=C(c1ccc(F)cc1)c1ncc(C(F)(F)F)cc1Cl. The van der Waals surface area contributed by atoms with Crippen LogP contribution in [0.25, 0.3) is 0 Å². The maximum Gasteiger partial charge on any atom is 0.417 e. The van der Waals surface area contributed by atoms with Gasteiger partial charge in [0.25, 0.3) is 0 Å². The van der Waals surface area contributed by atoms with Gasteiger partial charge in [-0.15, -0.1) is 0 Å². The molecule has 0 aliphatic rings. The highest BCUT2D eigenvalue weighted by Crippen LogP contribution is 2.31. The Labute approximate surface area is 116 Å². The summed E-state index contributed by atoms with van der Waals surface area (Å²) in [6, 6.07) is 5.16. The fourth-order valence-corrected chi connectivity index (χ4v) is 1.75. The monoisotopic (exact) mass is 303 g/mol. The average Bonchev–Trinajstić information content (AvgIpc) is 2.37. The van der Waals surface area contributed by atoms with E-state index in [4.69, 9.17) is 11.6 Å². The van der Waals surface area contributed by atoms with Crippen LogP contribution >= 0.6 is 11.6 Å². The van der Waals surface area contributed by atoms with Crippen molar-refractivity contribution in [3.05, 3.63) is 64.2 Å². The standard InChI is InChI=1S/C13H6ClF4NO/c14-10-5-8(13(16,17)18)6-19-11(10)12(20)7-1-3-9(15)4-2-7/h1-6H. The number of carbonyl (C=O) groups excluding carboxylic acids is 1. The molecule has 0 spiro atoms. The molecule has 2 aromatic rings. The molecule has 2 rings (SSSR count). The van der Waals surface area contributed by atoms with Gasteiger partial charge in [0.1, 0.15) is 11.5 Å².